The van der Waals surface area contributed by atoms with E-state index >= 15 is 0 Å². The molecule has 8 heteroatoms. The molecule has 8 nitrogen and oxygen atoms in total. The number of rotatable bonds is 8. The lowest BCUT2D eigenvalue weighted by Crippen LogP contribution is -2.36. The van der Waals surface area contributed by atoms with Gasteiger partial charge < -0.3 is 15.0 Å². The molecule has 0 atom stereocenters. The van der Waals surface area contributed by atoms with Crippen molar-refractivity contribution >= 4 is 33.8 Å². The first-order valence-electron chi connectivity index (χ1n) is 12.1. The summed E-state index contributed by atoms with van der Waals surface area (Å²) in [6.45, 7) is 8.83. The number of anilines is 1. The number of amides is 1. The molecule has 0 unspecified atom stereocenters. The van der Waals surface area contributed by atoms with Crippen molar-refractivity contribution in [3.8, 4) is 0 Å². The number of imidazole rings is 1. The van der Waals surface area contributed by atoms with E-state index in [9.17, 15) is 4.79 Å². The molecule has 0 aliphatic carbocycles. The minimum atomic E-state index is -0.605. The zero-order valence-corrected chi connectivity index (χ0v) is 20.9. The third-order valence-corrected chi connectivity index (χ3v) is 5.70. The number of unbranched alkanes of at least 4 members (excludes halogenated alkanes) is 1. The Kier molecular flexibility index (Phi) is 7.21. The molecule has 4 aromatic rings. The zero-order valence-electron chi connectivity index (χ0n) is 20.9. The lowest BCUT2D eigenvalue weighted by atomic mass is 10.1. The van der Waals surface area contributed by atoms with Gasteiger partial charge in [0, 0.05) is 24.9 Å². The number of benzene rings is 2. The van der Waals surface area contributed by atoms with Gasteiger partial charge in [-0.3, -0.25) is 5.43 Å². The molecule has 2 aromatic heterocycles. The van der Waals surface area contributed by atoms with Crippen molar-refractivity contribution in [1.29, 1.82) is 0 Å². The van der Waals surface area contributed by atoms with Crippen molar-refractivity contribution < 1.29 is 9.53 Å². The van der Waals surface area contributed by atoms with Crippen molar-refractivity contribution in [3.63, 3.8) is 0 Å². The summed E-state index contributed by atoms with van der Waals surface area (Å²) in [7, 11) is 0. The minimum absolute atomic E-state index is 0.486. The van der Waals surface area contributed by atoms with E-state index < -0.39 is 11.7 Å². The maximum atomic E-state index is 12.3. The fourth-order valence-corrected chi connectivity index (χ4v) is 4.04. The van der Waals surface area contributed by atoms with Crippen LogP contribution in [0.15, 0.2) is 48.5 Å². The number of fused-ring (bicyclic) bond motifs is 3. The van der Waals surface area contributed by atoms with Crippen molar-refractivity contribution in [2.45, 2.75) is 65.6 Å². The van der Waals surface area contributed by atoms with E-state index in [1.54, 1.807) is 0 Å². The lowest BCUT2D eigenvalue weighted by molar-refractivity contribution is 0.0541. The number of para-hydroxylation sites is 1. The molecule has 35 heavy (non-hydrogen) atoms. The number of hydrogen-bond acceptors (Lipinski definition) is 6. The highest BCUT2D eigenvalue weighted by Gasteiger charge is 2.20. The SMILES string of the molecule is CCCCc1nc2c(NNC(=O)OC(C)(C)C)nc3ccccc3c2n1Cc1ccc(CN)cc1. The number of hydrogen-bond donors (Lipinski definition) is 3. The number of nitrogens with two attached hydrogens (primary N) is 1. The van der Waals surface area contributed by atoms with Crippen molar-refractivity contribution in [1.82, 2.24) is 20.0 Å². The average molecular weight is 475 g/mol. The van der Waals surface area contributed by atoms with E-state index in [2.05, 4.69) is 52.7 Å². The Hall–Kier alpha value is -3.65. The van der Waals surface area contributed by atoms with Gasteiger partial charge in [0.25, 0.3) is 0 Å². The van der Waals surface area contributed by atoms with Crippen LogP contribution in [0.5, 0.6) is 0 Å². The van der Waals surface area contributed by atoms with E-state index in [-0.39, 0.29) is 0 Å². The maximum absolute atomic E-state index is 12.3. The number of carbonyl (C=O) groups is 1. The van der Waals surface area contributed by atoms with Crippen molar-refractivity contribution in [2.75, 3.05) is 5.43 Å². The number of hydrazine groups is 1. The first kappa shape index (κ1) is 24.5. The number of nitrogens with zero attached hydrogens (tertiary/aromatic N) is 3. The maximum Gasteiger partial charge on any atom is 0.426 e. The van der Waals surface area contributed by atoms with Gasteiger partial charge in [0.1, 0.15) is 16.9 Å². The minimum Gasteiger partial charge on any atom is -0.443 e. The molecule has 0 spiro atoms. The zero-order chi connectivity index (χ0) is 25.0. The predicted molar refractivity (Wildman–Crippen MR) is 140 cm³/mol. The highest BCUT2D eigenvalue weighted by molar-refractivity contribution is 6.07. The highest BCUT2D eigenvalue weighted by atomic mass is 16.6. The number of aromatic nitrogens is 3. The number of aryl methyl sites for hydroxylation is 1. The molecule has 0 bridgehead atoms. The van der Waals surface area contributed by atoms with Gasteiger partial charge in [0.2, 0.25) is 0 Å². The molecule has 2 aromatic carbocycles. The van der Waals surface area contributed by atoms with Crippen LogP contribution in [0.25, 0.3) is 21.9 Å². The molecule has 0 fully saturated rings. The molecule has 184 valence electrons. The van der Waals surface area contributed by atoms with E-state index in [4.69, 9.17) is 20.4 Å². The van der Waals surface area contributed by atoms with Crippen LogP contribution in [0.1, 0.15) is 57.5 Å². The fourth-order valence-electron chi connectivity index (χ4n) is 4.04. The molecule has 0 saturated heterocycles. The van der Waals surface area contributed by atoms with Crippen LogP contribution in [0.4, 0.5) is 10.6 Å². The van der Waals surface area contributed by atoms with Gasteiger partial charge in [-0.25, -0.2) is 20.2 Å². The Morgan fingerprint density at radius 3 is 2.46 bits per heavy atom. The van der Waals surface area contributed by atoms with Gasteiger partial charge in [-0.1, -0.05) is 55.8 Å². The molecular formula is C27H34N6O2. The summed E-state index contributed by atoms with van der Waals surface area (Å²) in [4.78, 5) is 22.1. The molecule has 4 N–H and O–H groups in total. The van der Waals surface area contributed by atoms with Gasteiger partial charge >= 0.3 is 6.09 Å². The molecule has 0 aliphatic rings. The highest BCUT2D eigenvalue weighted by Crippen LogP contribution is 2.31. The molecular weight excluding hydrogens is 440 g/mol. The molecule has 0 saturated carbocycles. The quantitative estimate of drug-likeness (QED) is 0.300. The predicted octanol–water partition coefficient (Wildman–Crippen LogP) is 5.29. The van der Waals surface area contributed by atoms with Gasteiger partial charge in [-0.15, -0.1) is 0 Å². The van der Waals surface area contributed by atoms with Gasteiger partial charge in [0.15, 0.2) is 5.82 Å². The fraction of sp³-hybridized carbons (Fsp3) is 0.370. The molecule has 0 radical (unpaired) electrons. The first-order chi connectivity index (χ1) is 16.8. The third kappa shape index (κ3) is 5.71. The normalized spacial score (nSPS) is 11.7. The smallest absolute Gasteiger partial charge is 0.426 e. The van der Waals surface area contributed by atoms with Crippen molar-refractivity contribution in [3.05, 3.63) is 65.5 Å². The molecule has 1 amide bonds. The second-order valence-corrected chi connectivity index (χ2v) is 9.67. The molecule has 2 heterocycles. The van der Waals surface area contributed by atoms with Gasteiger partial charge in [-0.2, -0.15) is 0 Å². The average Bonchev–Trinajstić information content (AvgIpc) is 3.19. The largest absolute Gasteiger partial charge is 0.443 e. The summed E-state index contributed by atoms with van der Waals surface area (Å²) >= 11 is 0. The summed E-state index contributed by atoms with van der Waals surface area (Å²) in [6.07, 6.45) is 2.36. The summed E-state index contributed by atoms with van der Waals surface area (Å²) in [5.74, 6) is 1.47. The van der Waals surface area contributed by atoms with E-state index in [1.807, 2.05) is 39.0 Å². The van der Waals surface area contributed by atoms with Crippen LogP contribution in [-0.2, 0) is 24.2 Å². The van der Waals surface area contributed by atoms with Crippen LogP contribution in [0, 0.1) is 0 Å². The molecule has 4 rings (SSSR count). The van der Waals surface area contributed by atoms with Crippen LogP contribution in [0.3, 0.4) is 0 Å². The first-order valence-corrected chi connectivity index (χ1v) is 12.1. The summed E-state index contributed by atoms with van der Waals surface area (Å²) in [5.41, 5.74) is 15.5. The molecule has 0 aliphatic heterocycles. The van der Waals surface area contributed by atoms with Gasteiger partial charge in [-0.05, 0) is 44.4 Å². The second kappa shape index (κ2) is 10.3. The van der Waals surface area contributed by atoms with Gasteiger partial charge in [0.05, 0.1) is 11.0 Å². The van der Waals surface area contributed by atoms with Crippen molar-refractivity contribution in [2.24, 2.45) is 5.73 Å². The lowest BCUT2D eigenvalue weighted by Gasteiger charge is -2.20. The number of carbonyl (C=O) groups excluding carboxylic acids is 1. The second-order valence-electron chi connectivity index (χ2n) is 9.67. The number of pyridine rings is 1. The van der Waals surface area contributed by atoms with E-state index in [1.165, 1.54) is 5.56 Å². The summed E-state index contributed by atoms with van der Waals surface area (Å²) < 4.78 is 7.63. The Morgan fingerprint density at radius 1 is 1.06 bits per heavy atom. The number of nitrogens with one attached hydrogen (secondary N) is 2. The Bertz CT molecular complexity index is 1320. The third-order valence-electron chi connectivity index (χ3n) is 5.70. The standard InChI is InChI=1S/C27H34N6O2/c1-5-6-11-22-30-23-24(33(22)17-19-14-12-18(16-28)13-15-19)20-9-7-8-10-21(20)29-25(23)31-32-26(34)35-27(2,3)4/h7-10,12-15H,5-6,11,16-17,28H2,1-4H3,(H,29,31)(H,32,34). The summed E-state index contributed by atoms with van der Waals surface area (Å²) in [6, 6.07) is 16.4. The Balaban J connectivity index is 1.81. The Labute approximate surface area is 205 Å². The monoisotopic (exact) mass is 474 g/mol. The van der Waals surface area contributed by atoms with E-state index in [0.29, 0.717) is 24.4 Å². The summed E-state index contributed by atoms with van der Waals surface area (Å²) in [5, 5.41) is 1.01. The van der Waals surface area contributed by atoms with Crippen LogP contribution >= 0.6 is 0 Å². The Morgan fingerprint density at radius 2 is 1.77 bits per heavy atom. The van der Waals surface area contributed by atoms with Crippen LogP contribution in [-0.4, -0.2) is 26.2 Å². The number of ether oxygens (including phenoxy) is 1. The van der Waals surface area contributed by atoms with Crippen LogP contribution in [0.2, 0.25) is 0 Å². The van der Waals surface area contributed by atoms with E-state index in [0.717, 1.165) is 47.1 Å². The topological polar surface area (TPSA) is 107 Å². The van der Waals surface area contributed by atoms with Crippen LogP contribution < -0.4 is 16.6 Å².